The molecule has 1 aromatic heterocycles. The lowest BCUT2D eigenvalue weighted by Crippen LogP contribution is -2.28. The lowest BCUT2D eigenvalue weighted by Gasteiger charge is -2.15. The van der Waals surface area contributed by atoms with Gasteiger partial charge in [-0.1, -0.05) is 12.1 Å². The summed E-state index contributed by atoms with van der Waals surface area (Å²) in [6.07, 6.45) is 1.74. The Morgan fingerprint density at radius 1 is 1.16 bits per heavy atom. The van der Waals surface area contributed by atoms with Crippen molar-refractivity contribution in [1.82, 2.24) is 24.4 Å². The molecule has 0 unspecified atom stereocenters. The summed E-state index contributed by atoms with van der Waals surface area (Å²) >= 11 is 5.35. The number of aromatic amines is 1. The number of rotatable bonds is 7. The molecule has 9 nitrogen and oxygen atoms in total. The molecule has 2 N–H and O–H groups in total. The first-order valence-corrected chi connectivity index (χ1v) is 11.9. The fourth-order valence-corrected chi connectivity index (χ4v) is 5.39. The lowest BCUT2D eigenvalue weighted by atomic mass is 10.2. The number of nitrogens with one attached hydrogen (secondary N) is 2. The molecule has 1 aliphatic heterocycles. The Kier molecular flexibility index (Phi) is 6.40. The van der Waals surface area contributed by atoms with Crippen LogP contribution < -0.4 is 10.1 Å². The normalized spacial score (nSPS) is 14.4. The van der Waals surface area contributed by atoms with Gasteiger partial charge < -0.3 is 10.1 Å². The smallest absolute Gasteiger partial charge is 0.251 e. The topological polar surface area (TPSA) is 109 Å². The Morgan fingerprint density at radius 3 is 2.53 bits per heavy atom. The van der Waals surface area contributed by atoms with E-state index in [1.165, 1.54) is 28.6 Å². The molecule has 0 saturated carbocycles. The van der Waals surface area contributed by atoms with Crippen molar-refractivity contribution in [2.75, 3.05) is 20.2 Å². The molecule has 32 heavy (non-hydrogen) atoms. The number of aromatic nitrogens is 3. The van der Waals surface area contributed by atoms with E-state index >= 15 is 0 Å². The van der Waals surface area contributed by atoms with E-state index in [-0.39, 0.29) is 17.3 Å². The van der Waals surface area contributed by atoms with Crippen LogP contribution in [0, 0.1) is 4.77 Å². The van der Waals surface area contributed by atoms with Crippen LogP contribution in [0.15, 0.2) is 53.4 Å². The zero-order valence-corrected chi connectivity index (χ0v) is 19.1. The zero-order chi connectivity index (χ0) is 22.7. The monoisotopic (exact) mass is 473 g/mol. The van der Waals surface area contributed by atoms with Crippen molar-refractivity contribution in [3.05, 3.63) is 64.7 Å². The summed E-state index contributed by atoms with van der Waals surface area (Å²) in [5.74, 6) is 0.768. The van der Waals surface area contributed by atoms with E-state index in [9.17, 15) is 13.2 Å². The number of carbonyl (C=O) groups excluding carboxylic acids is 1. The van der Waals surface area contributed by atoms with Crippen LogP contribution in [-0.2, 0) is 16.6 Å². The van der Waals surface area contributed by atoms with Gasteiger partial charge in [-0.15, -0.1) is 0 Å². The standard InChI is InChI=1S/C21H23N5O4S2/c1-30-18-7-3-2-6-17(18)26-19(23-24-21(26)31)14-22-20(27)15-8-10-16(11-9-15)32(28,29)25-12-4-5-13-25/h2-3,6-11H,4-5,12-14H2,1H3,(H,22,27)(H,24,31). The summed E-state index contributed by atoms with van der Waals surface area (Å²) < 4.78 is 34.2. The SMILES string of the molecule is COc1ccccc1-n1c(CNC(=O)c2ccc(S(=O)(=O)N3CCCC3)cc2)n[nH]c1=S. The molecule has 1 aliphatic rings. The Morgan fingerprint density at radius 2 is 1.84 bits per heavy atom. The van der Waals surface area contributed by atoms with Gasteiger partial charge >= 0.3 is 0 Å². The van der Waals surface area contributed by atoms with Crippen molar-refractivity contribution < 1.29 is 17.9 Å². The predicted molar refractivity (Wildman–Crippen MR) is 121 cm³/mol. The molecule has 4 rings (SSSR count). The van der Waals surface area contributed by atoms with Gasteiger partial charge in [-0.05, 0) is 61.5 Å². The quantitative estimate of drug-likeness (QED) is 0.511. The summed E-state index contributed by atoms with van der Waals surface area (Å²) in [6, 6.07) is 13.3. The minimum Gasteiger partial charge on any atom is -0.495 e. The number of para-hydroxylation sites is 2. The second-order valence-electron chi connectivity index (χ2n) is 7.27. The van der Waals surface area contributed by atoms with Crippen molar-refractivity contribution >= 4 is 28.1 Å². The number of sulfonamides is 1. The molecule has 2 heterocycles. The third kappa shape index (κ3) is 4.31. The number of H-pyrrole nitrogens is 1. The van der Waals surface area contributed by atoms with Crippen molar-refractivity contribution in [3.63, 3.8) is 0 Å². The van der Waals surface area contributed by atoms with Gasteiger partial charge in [-0.3, -0.25) is 14.5 Å². The molecule has 1 saturated heterocycles. The van der Waals surface area contributed by atoms with E-state index < -0.39 is 10.0 Å². The van der Waals surface area contributed by atoms with Crippen LogP contribution in [-0.4, -0.2) is 53.6 Å². The average molecular weight is 474 g/mol. The lowest BCUT2D eigenvalue weighted by molar-refractivity contribution is 0.0949. The zero-order valence-electron chi connectivity index (χ0n) is 17.4. The van der Waals surface area contributed by atoms with Gasteiger partial charge in [0.15, 0.2) is 10.6 Å². The third-order valence-corrected chi connectivity index (χ3v) is 7.48. The largest absolute Gasteiger partial charge is 0.495 e. The van der Waals surface area contributed by atoms with Gasteiger partial charge in [0.05, 0.1) is 24.2 Å². The first-order valence-electron chi connectivity index (χ1n) is 10.1. The Labute approximate surface area is 191 Å². The number of methoxy groups -OCH3 is 1. The molecular weight excluding hydrogens is 450 g/mol. The van der Waals surface area contributed by atoms with Gasteiger partial charge in [-0.2, -0.15) is 9.40 Å². The third-order valence-electron chi connectivity index (χ3n) is 5.29. The molecular formula is C21H23N5O4S2. The number of carbonyl (C=O) groups is 1. The number of hydrogen-bond donors (Lipinski definition) is 2. The van der Waals surface area contributed by atoms with Crippen LogP contribution in [0.25, 0.3) is 5.69 Å². The van der Waals surface area contributed by atoms with E-state index in [1.807, 2.05) is 24.3 Å². The molecule has 168 valence electrons. The molecule has 0 bridgehead atoms. The van der Waals surface area contributed by atoms with Crippen LogP contribution in [0.2, 0.25) is 0 Å². The second kappa shape index (κ2) is 9.23. The molecule has 2 aromatic carbocycles. The number of nitrogens with zero attached hydrogens (tertiary/aromatic N) is 3. The van der Waals surface area contributed by atoms with E-state index in [1.54, 1.807) is 11.7 Å². The van der Waals surface area contributed by atoms with Crippen LogP contribution in [0.5, 0.6) is 5.75 Å². The summed E-state index contributed by atoms with van der Waals surface area (Å²) in [5.41, 5.74) is 1.05. The van der Waals surface area contributed by atoms with Crippen LogP contribution in [0.4, 0.5) is 0 Å². The minimum absolute atomic E-state index is 0.109. The maximum absolute atomic E-state index is 12.6. The summed E-state index contributed by atoms with van der Waals surface area (Å²) in [7, 11) is -1.95. The first kappa shape index (κ1) is 22.2. The second-order valence-corrected chi connectivity index (χ2v) is 9.60. The minimum atomic E-state index is -3.52. The predicted octanol–water partition coefficient (Wildman–Crippen LogP) is 2.65. The Bertz CT molecular complexity index is 1280. The van der Waals surface area contributed by atoms with Crippen LogP contribution in [0.3, 0.4) is 0 Å². The first-order chi connectivity index (χ1) is 15.4. The highest BCUT2D eigenvalue weighted by atomic mass is 32.2. The average Bonchev–Trinajstić information content (AvgIpc) is 3.48. The number of hydrogen-bond acceptors (Lipinski definition) is 6. The summed E-state index contributed by atoms with van der Waals surface area (Å²) in [6.45, 7) is 1.18. The number of ether oxygens (including phenoxy) is 1. The van der Waals surface area contributed by atoms with Crippen molar-refractivity contribution in [2.24, 2.45) is 0 Å². The molecule has 1 fully saturated rings. The fraction of sp³-hybridized carbons (Fsp3) is 0.286. The van der Waals surface area contributed by atoms with Gasteiger partial charge in [0.1, 0.15) is 5.75 Å². The van der Waals surface area contributed by atoms with Gasteiger partial charge in [0, 0.05) is 18.7 Å². The molecule has 3 aromatic rings. The van der Waals surface area contributed by atoms with Crippen LogP contribution >= 0.6 is 12.2 Å². The Balaban J connectivity index is 1.49. The fourth-order valence-electron chi connectivity index (χ4n) is 3.63. The van der Waals surface area contributed by atoms with Gasteiger partial charge in [-0.25, -0.2) is 8.42 Å². The Hall–Kier alpha value is -3.02. The number of amides is 1. The highest BCUT2D eigenvalue weighted by Gasteiger charge is 2.27. The highest BCUT2D eigenvalue weighted by molar-refractivity contribution is 7.89. The summed E-state index contributed by atoms with van der Waals surface area (Å²) in [5, 5.41) is 9.75. The van der Waals surface area contributed by atoms with E-state index in [0.29, 0.717) is 40.7 Å². The van der Waals surface area contributed by atoms with Crippen molar-refractivity contribution in [3.8, 4) is 11.4 Å². The van der Waals surface area contributed by atoms with Crippen molar-refractivity contribution in [2.45, 2.75) is 24.3 Å². The molecule has 0 radical (unpaired) electrons. The molecule has 11 heteroatoms. The van der Waals surface area contributed by atoms with Gasteiger partial charge in [0.25, 0.3) is 5.91 Å². The van der Waals surface area contributed by atoms with Crippen LogP contribution in [0.1, 0.15) is 29.0 Å². The number of benzene rings is 2. The molecule has 0 spiro atoms. The highest BCUT2D eigenvalue weighted by Crippen LogP contribution is 2.24. The summed E-state index contributed by atoms with van der Waals surface area (Å²) in [4.78, 5) is 12.8. The van der Waals surface area contributed by atoms with E-state index in [4.69, 9.17) is 17.0 Å². The molecule has 1 amide bonds. The van der Waals surface area contributed by atoms with E-state index in [2.05, 4.69) is 15.5 Å². The van der Waals surface area contributed by atoms with E-state index in [0.717, 1.165) is 12.8 Å². The van der Waals surface area contributed by atoms with Crippen molar-refractivity contribution in [1.29, 1.82) is 0 Å². The molecule has 0 aliphatic carbocycles. The maximum Gasteiger partial charge on any atom is 0.251 e. The van der Waals surface area contributed by atoms with Gasteiger partial charge in [0.2, 0.25) is 10.0 Å². The maximum atomic E-state index is 12.6. The molecule has 0 atom stereocenters.